The molecule has 0 bridgehead atoms. The first-order valence-electron chi connectivity index (χ1n) is 7.94. The van der Waals surface area contributed by atoms with Gasteiger partial charge in [0.1, 0.15) is 5.82 Å². The van der Waals surface area contributed by atoms with E-state index in [1.54, 1.807) is 0 Å². The van der Waals surface area contributed by atoms with E-state index >= 15 is 0 Å². The number of hydrogen-bond acceptors (Lipinski definition) is 4. The topological polar surface area (TPSA) is 58.1 Å². The van der Waals surface area contributed by atoms with E-state index in [1.807, 2.05) is 36.3 Å². The summed E-state index contributed by atoms with van der Waals surface area (Å²) in [5.41, 5.74) is 3.34. The standard InChI is InChI=1S/C18H22N4O/c1-10(2)12-8-13-16(19-9-12)22(5)17-15(21-18(13)23)7-6-14(20-17)11(3)4/h6-11H,1-5H3,(H,21,23). The second-order valence-electron chi connectivity index (χ2n) is 6.57. The highest BCUT2D eigenvalue weighted by atomic mass is 16.1. The second-order valence-corrected chi connectivity index (χ2v) is 6.57. The number of carbonyl (C=O) groups is 1. The quantitative estimate of drug-likeness (QED) is 0.909. The first kappa shape index (κ1) is 15.5. The summed E-state index contributed by atoms with van der Waals surface area (Å²) in [6, 6.07) is 5.80. The first-order chi connectivity index (χ1) is 10.9. The predicted octanol–water partition coefficient (Wildman–Crippen LogP) is 4.06. The zero-order valence-corrected chi connectivity index (χ0v) is 14.2. The SMILES string of the molecule is CC(C)c1cnc2c(c1)C(=O)Nc1ccc(C(C)C)nc1N2C. The molecular weight excluding hydrogens is 288 g/mol. The lowest BCUT2D eigenvalue weighted by Crippen LogP contribution is -2.15. The molecule has 0 aliphatic carbocycles. The van der Waals surface area contributed by atoms with Crippen molar-refractivity contribution in [1.82, 2.24) is 9.97 Å². The molecule has 0 saturated heterocycles. The molecule has 3 heterocycles. The van der Waals surface area contributed by atoms with Crippen LogP contribution in [0, 0.1) is 0 Å². The molecule has 1 aliphatic heterocycles. The van der Waals surface area contributed by atoms with Gasteiger partial charge in [-0.2, -0.15) is 0 Å². The molecular formula is C18H22N4O. The van der Waals surface area contributed by atoms with E-state index in [-0.39, 0.29) is 5.91 Å². The van der Waals surface area contributed by atoms with Crippen LogP contribution in [-0.4, -0.2) is 22.9 Å². The van der Waals surface area contributed by atoms with Crippen molar-refractivity contribution in [2.24, 2.45) is 0 Å². The summed E-state index contributed by atoms with van der Waals surface area (Å²) in [6.45, 7) is 8.39. The van der Waals surface area contributed by atoms with Crippen LogP contribution in [0.5, 0.6) is 0 Å². The minimum Gasteiger partial charge on any atom is -0.319 e. The number of amides is 1. The molecule has 5 nitrogen and oxygen atoms in total. The summed E-state index contributed by atoms with van der Waals surface area (Å²) in [6.07, 6.45) is 1.84. The molecule has 1 aliphatic rings. The monoisotopic (exact) mass is 310 g/mol. The Labute approximate surface area is 136 Å². The second kappa shape index (κ2) is 5.65. The molecule has 0 aromatic carbocycles. The van der Waals surface area contributed by atoms with Crippen molar-refractivity contribution in [3.05, 3.63) is 41.2 Å². The lowest BCUT2D eigenvalue weighted by Gasteiger charge is -2.20. The number of fused-ring (bicyclic) bond motifs is 2. The summed E-state index contributed by atoms with van der Waals surface area (Å²) < 4.78 is 0. The van der Waals surface area contributed by atoms with Crippen LogP contribution >= 0.6 is 0 Å². The van der Waals surface area contributed by atoms with Gasteiger partial charge in [-0.05, 0) is 35.6 Å². The van der Waals surface area contributed by atoms with Gasteiger partial charge < -0.3 is 10.2 Å². The van der Waals surface area contributed by atoms with Crippen molar-refractivity contribution in [2.45, 2.75) is 39.5 Å². The van der Waals surface area contributed by atoms with Crippen molar-refractivity contribution < 1.29 is 4.79 Å². The number of nitrogens with zero attached hydrogens (tertiary/aromatic N) is 3. The summed E-state index contributed by atoms with van der Waals surface area (Å²) in [5, 5.41) is 2.96. The summed E-state index contributed by atoms with van der Waals surface area (Å²) in [7, 11) is 1.90. The van der Waals surface area contributed by atoms with Crippen molar-refractivity contribution in [3.63, 3.8) is 0 Å². The Morgan fingerprint density at radius 1 is 1.09 bits per heavy atom. The van der Waals surface area contributed by atoms with Gasteiger partial charge in [-0.25, -0.2) is 9.97 Å². The molecule has 5 heteroatoms. The minimum absolute atomic E-state index is 0.139. The van der Waals surface area contributed by atoms with E-state index in [0.717, 1.165) is 17.1 Å². The largest absolute Gasteiger partial charge is 0.319 e. The average molecular weight is 310 g/mol. The zero-order chi connectivity index (χ0) is 16.7. The molecule has 120 valence electrons. The summed E-state index contributed by atoms with van der Waals surface area (Å²) in [4.78, 5) is 23.7. The number of nitrogens with one attached hydrogen (secondary N) is 1. The van der Waals surface area contributed by atoms with Gasteiger partial charge >= 0.3 is 0 Å². The normalized spacial score (nSPS) is 13.7. The Bertz CT molecular complexity index is 768. The van der Waals surface area contributed by atoms with Crippen molar-refractivity contribution >= 4 is 23.2 Å². The number of pyridine rings is 2. The van der Waals surface area contributed by atoms with Crippen molar-refractivity contribution in [3.8, 4) is 0 Å². The lowest BCUT2D eigenvalue weighted by atomic mass is 10.0. The third kappa shape index (κ3) is 2.67. The first-order valence-corrected chi connectivity index (χ1v) is 7.94. The van der Waals surface area contributed by atoms with Gasteiger partial charge in [0.05, 0.1) is 11.3 Å². The Balaban J connectivity index is 2.15. The molecule has 0 radical (unpaired) electrons. The molecule has 23 heavy (non-hydrogen) atoms. The van der Waals surface area contributed by atoms with Crippen LogP contribution < -0.4 is 10.2 Å². The van der Waals surface area contributed by atoms with Gasteiger partial charge in [0.25, 0.3) is 5.91 Å². The van der Waals surface area contributed by atoms with Gasteiger partial charge in [-0.3, -0.25) is 4.79 Å². The van der Waals surface area contributed by atoms with E-state index in [2.05, 4.69) is 38.0 Å². The third-order valence-corrected chi connectivity index (χ3v) is 4.17. The Morgan fingerprint density at radius 2 is 1.83 bits per heavy atom. The van der Waals surface area contributed by atoms with Crippen LogP contribution in [0.1, 0.15) is 61.1 Å². The predicted molar refractivity (Wildman–Crippen MR) is 92.7 cm³/mol. The van der Waals surface area contributed by atoms with Crippen molar-refractivity contribution in [2.75, 3.05) is 17.3 Å². The molecule has 2 aromatic heterocycles. The Kier molecular flexibility index (Phi) is 3.80. The van der Waals surface area contributed by atoms with E-state index in [4.69, 9.17) is 4.98 Å². The maximum absolute atomic E-state index is 12.6. The van der Waals surface area contributed by atoms with Crippen LogP contribution in [0.4, 0.5) is 17.3 Å². The van der Waals surface area contributed by atoms with Gasteiger partial charge in [-0.1, -0.05) is 27.7 Å². The van der Waals surface area contributed by atoms with Crippen LogP contribution in [0.15, 0.2) is 24.4 Å². The molecule has 0 saturated carbocycles. The molecule has 2 aromatic rings. The molecule has 1 amide bonds. The van der Waals surface area contributed by atoms with Gasteiger partial charge in [0.2, 0.25) is 0 Å². The highest BCUT2D eigenvalue weighted by Gasteiger charge is 2.26. The Hall–Kier alpha value is -2.43. The van der Waals surface area contributed by atoms with E-state index in [1.165, 1.54) is 0 Å². The molecule has 1 N–H and O–H groups in total. The summed E-state index contributed by atoms with van der Waals surface area (Å²) >= 11 is 0. The fourth-order valence-electron chi connectivity index (χ4n) is 2.65. The smallest absolute Gasteiger partial charge is 0.259 e. The van der Waals surface area contributed by atoms with Crippen LogP contribution in [0.25, 0.3) is 0 Å². The molecule has 0 unspecified atom stereocenters. The van der Waals surface area contributed by atoms with E-state index < -0.39 is 0 Å². The average Bonchev–Trinajstić information content (AvgIpc) is 2.62. The molecule has 0 spiro atoms. The highest BCUT2D eigenvalue weighted by Crippen LogP contribution is 2.35. The van der Waals surface area contributed by atoms with E-state index in [0.29, 0.717) is 28.9 Å². The van der Waals surface area contributed by atoms with Crippen LogP contribution in [-0.2, 0) is 0 Å². The fourth-order valence-corrected chi connectivity index (χ4v) is 2.65. The maximum Gasteiger partial charge on any atom is 0.259 e. The maximum atomic E-state index is 12.6. The number of aromatic nitrogens is 2. The fraction of sp³-hybridized carbons (Fsp3) is 0.389. The van der Waals surface area contributed by atoms with Crippen LogP contribution in [0.2, 0.25) is 0 Å². The summed E-state index contributed by atoms with van der Waals surface area (Å²) in [5.74, 6) is 1.87. The minimum atomic E-state index is -0.139. The van der Waals surface area contributed by atoms with Crippen molar-refractivity contribution in [1.29, 1.82) is 0 Å². The highest BCUT2D eigenvalue weighted by molar-refractivity contribution is 6.11. The van der Waals surface area contributed by atoms with Gasteiger partial charge in [0, 0.05) is 18.9 Å². The Morgan fingerprint density at radius 3 is 2.48 bits per heavy atom. The molecule has 0 atom stereocenters. The van der Waals surface area contributed by atoms with Crippen LogP contribution in [0.3, 0.4) is 0 Å². The molecule has 3 rings (SSSR count). The van der Waals surface area contributed by atoms with E-state index in [9.17, 15) is 4.79 Å². The van der Waals surface area contributed by atoms with Gasteiger partial charge in [-0.15, -0.1) is 0 Å². The lowest BCUT2D eigenvalue weighted by molar-refractivity contribution is 0.102. The number of hydrogen-bond donors (Lipinski definition) is 1. The number of carbonyl (C=O) groups excluding carboxylic acids is 1. The number of rotatable bonds is 2. The molecule has 0 fully saturated rings. The third-order valence-electron chi connectivity index (χ3n) is 4.17. The van der Waals surface area contributed by atoms with Gasteiger partial charge in [0.15, 0.2) is 5.82 Å². The zero-order valence-electron chi connectivity index (χ0n) is 14.2. The number of anilines is 3.